The third-order valence-corrected chi connectivity index (χ3v) is 5.49. The van der Waals surface area contributed by atoms with Crippen molar-refractivity contribution < 1.29 is 0 Å². The zero-order chi connectivity index (χ0) is 14.8. The minimum atomic E-state index is 0.696. The topological polar surface area (TPSA) is 56.7 Å². The molecular weight excluding hydrogens is 300 g/mol. The second-order valence-corrected chi connectivity index (χ2v) is 7.01. The van der Waals surface area contributed by atoms with Crippen molar-refractivity contribution in [3.63, 3.8) is 0 Å². The zero-order valence-electron chi connectivity index (χ0n) is 12.2. The lowest BCUT2D eigenvalue weighted by atomic mass is 10.2. The quantitative estimate of drug-likeness (QED) is 0.724. The Kier molecular flexibility index (Phi) is 4.17. The monoisotopic (exact) mass is 318 g/mol. The predicted octanol–water partition coefficient (Wildman–Crippen LogP) is 3.92. The molecule has 0 aliphatic rings. The number of rotatable bonds is 5. The Morgan fingerprint density at radius 1 is 1.33 bits per heavy atom. The van der Waals surface area contributed by atoms with E-state index in [-0.39, 0.29) is 0 Å². The van der Waals surface area contributed by atoms with Gasteiger partial charge in [0, 0.05) is 12.8 Å². The molecule has 0 radical (unpaired) electrons. The van der Waals surface area contributed by atoms with E-state index in [9.17, 15) is 0 Å². The van der Waals surface area contributed by atoms with Gasteiger partial charge in [0.1, 0.15) is 10.8 Å². The predicted molar refractivity (Wildman–Crippen MR) is 92.7 cm³/mol. The van der Waals surface area contributed by atoms with Gasteiger partial charge in [-0.1, -0.05) is 19.1 Å². The molecule has 0 spiro atoms. The average Bonchev–Trinajstić information content (AvgIpc) is 3.01. The van der Waals surface area contributed by atoms with E-state index in [1.807, 2.05) is 37.0 Å². The molecule has 21 heavy (non-hydrogen) atoms. The first kappa shape index (κ1) is 14.4. The van der Waals surface area contributed by atoms with E-state index >= 15 is 0 Å². The molecule has 0 fully saturated rings. The molecule has 0 saturated carbocycles. The van der Waals surface area contributed by atoms with Gasteiger partial charge in [-0.05, 0) is 24.3 Å². The normalized spacial score (nSPS) is 11.3. The summed E-state index contributed by atoms with van der Waals surface area (Å²) in [7, 11) is 1.89. The number of para-hydroxylation sites is 1. The summed E-state index contributed by atoms with van der Waals surface area (Å²) in [4.78, 5) is 4.72. The molecule has 2 N–H and O–H groups in total. The Morgan fingerprint density at radius 3 is 2.90 bits per heavy atom. The number of thiazole rings is 1. The van der Waals surface area contributed by atoms with E-state index in [0.29, 0.717) is 5.82 Å². The van der Waals surface area contributed by atoms with E-state index in [1.165, 1.54) is 11.1 Å². The van der Waals surface area contributed by atoms with E-state index in [0.717, 1.165) is 33.3 Å². The van der Waals surface area contributed by atoms with Gasteiger partial charge in [0.05, 0.1) is 21.5 Å². The minimum absolute atomic E-state index is 0.696. The van der Waals surface area contributed by atoms with Crippen LogP contribution in [0.5, 0.6) is 0 Å². The van der Waals surface area contributed by atoms with Crippen molar-refractivity contribution in [1.29, 1.82) is 0 Å². The number of nitrogens with two attached hydrogens (primary N) is 1. The lowest BCUT2D eigenvalue weighted by molar-refractivity contribution is 0.765. The number of thioether (sulfide) groups is 1. The molecule has 0 aliphatic carbocycles. The molecule has 110 valence electrons. The summed E-state index contributed by atoms with van der Waals surface area (Å²) in [6.45, 7) is 2.19. The third-order valence-electron chi connectivity index (χ3n) is 3.26. The van der Waals surface area contributed by atoms with Crippen molar-refractivity contribution in [2.45, 2.75) is 19.1 Å². The maximum atomic E-state index is 6.22. The highest BCUT2D eigenvalue weighted by molar-refractivity contribution is 7.98. The molecule has 6 heteroatoms. The first-order chi connectivity index (χ1) is 10.2. The molecule has 0 saturated heterocycles. The van der Waals surface area contributed by atoms with Crippen LogP contribution in [0.25, 0.3) is 20.8 Å². The molecule has 0 aliphatic heterocycles. The van der Waals surface area contributed by atoms with Crippen molar-refractivity contribution in [1.82, 2.24) is 14.8 Å². The van der Waals surface area contributed by atoms with Gasteiger partial charge in [0.15, 0.2) is 0 Å². The number of hydrogen-bond donors (Lipinski definition) is 1. The number of anilines is 1. The molecule has 4 nitrogen and oxygen atoms in total. The molecule has 3 rings (SSSR count). The Bertz CT molecular complexity index is 727. The highest BCUT2D eigenvalue weighted by atomic mass is 32.2. The lowest BCUT2D eigenvalue weighted by Gasteiger charge is -2.00. The van der Waals surface area contributed by atoms with Crippen LogP contribution in [-0.4, -0.2) is 20.5 Å². The average molecular weight is 318 g/mol. The number of benzene rings is 1. The second kappa shape index (κ2) is 6.07. The van der Waals surface area contributed by atoms with E-state index in [1.54, 1.807) is 16.0 Å². The highest BCUT2D eigenvalue weighted by Crippen LogP contribution is 2.36. The van der Waals surface area contributed by atoms with Crippen LogP contribution < -0.4 is 5.73 Å². The van der Waals surface area contributed by atoms with Crippen molar-refractivity contribution in [3.05, 3.63) is 30.0 Å². The van der Waals surface area contributed by atoms with E-state index in [4.69, 9.17) is 10.7 Å². The van der Waals surface area contributed by atoms with Gasteiger partial charge < -0.3 is 5.73 Å². The van der Waals surface area contributed by atoms with Gasteiger partial charge in [-0.15, -0.1) is 11.3 Å². The van der Waals surface area contributed by atoms with Crippen LogP contribution in [0.15, 0.2) is 24.3 Å². The second-order valence-electron chi connectivity index (χ2n) is 4.87. The smallest absolute Gasteiger partial charge is 0.132 e. The summed E-state index contributed by atoms with van der Waals surface area (Å²) in [5, 5.41) is 5.53. The summed E-state index contributed by atoms with van der Waals surface area (Å²) in [5.41, 5.74) is 9.28. The van der Waals surface area contributed by atoms with Crippen molar-refractivity contribution >= 4 is 39.1 Å². The Balaban J connectivity index is 2.03. The van der Waals surface area contributed by atoms with E-state index in [2.05, 4.69) is 18.1 Å². The lowest BCUT2D eigenvalue weighted by Crippen LogP contribution is -1.97. The van der Waals surface area contributed by atoms with Gasteiger partial charge in [-0.2, -0.15) is 16.9 Å². The summed E-state index contributed by atoms with van der Waals surface area (Å²) in [6.07, 6.45) is 1.17. The van der Waals surface area contributed by atoms with Crippen LogP contribution >= 0.6 is 23.1 Å². The number of aromatic nitrogens is 3. The maximum Gasteiger partial charge on any atom is 0.132 e. The fourth-order valence-corrected chi connectivity index (χ4v) is 4.09. The fourth-order valence-electron chi connectivity index (χ4n) is 2.22. The number of nitrogens with zero attached hydrogens (tertiary/aromatic N) is 3. The van der Waals surface area contributed by atoms with Crippen LogP contribution in [0.4, 0.5) is 5.82 Å². The third kappa shape index (κ3) is 2.78. The molecule has 2 aromatic heterocycles. The van der Waals surface area contributed by atoms with Crippen LogP contribution in [0.1, 0.15) is 19.0 Å². The van der Waals surface area contributed by atoms with Crippen molar-refractivity contribution in [3.8, 4) is 10.6 Å². The van der Waals surface area contributed by atoms with Crippen LogP contribution in [0.2, 0.25) is 0 Å². The standard InChI is InChI=1S/C15H18N4S2/c1-3-8-20-9-11-13(14(16)19(2)18-11)15-17-10-6-4-5-7-12(10)21-15/h4-7H,3,8-9,16H2,1-2H3. The largest absolute Gasteiger partial charge is 0.383 e. The minimum Gasteiger partial charge on any atom is -0.383 e. The van der Waals surface area contributed by atoms with E-state index < -0.39 is 0 Å². The Labute approximate surface area is 132 Å². The molecule has 0 atom stereocenters. The van der Waals surface area contributed by atoms with Gasteiger partial charge in [-0.3, -0.25) is 4.68 Å². The van der Waals surface area contributed by atoms with Crippen molar-refractivity contribution in [2.75, 3.05) is 11.5 Å². The molecular formula is C15H18N4S2. The number of fused-ring (bicyclic) bond motifs is 1. The number of nitrogen functional groups attached to an aromatic ring is 1. The van der Waals surface area contributed by atoms with Crippen LogP contribution in [0.3, 0.4) is 0 Å². The SMILES string of the molecule is CCCSCc1nn(C)c(N)c1-c1nc2ccccc2s1. The van der Waals surface area contributed by atoms with Crippen LogP contribution in [0, 0.1) is 0 Å². The molecule has 0 amide bonds. The molecule has 0 bridgehead atoms. The summed E-state index contributed by atoms with van der Waals surface area (Å²) >= 11 is 3.57. The molecule has 3 aromatic rings. The zero-order valence-corrected chi connectivity index (χ0v) is 13.8. The van der Waals surface area contributed by atoms with Gasteiger partial charge in [0.2, 0.25) is 0 Å². The number of hydrogen-bond acceptors (Lipinski definition) is 5. The number of aryl methyl sites for hydroxylation is 1. The summed E-state index contributed by atoms with van der Waals surface area (Å²) in [6, 6.07) is 8.17. The fraction of sp³-hybridized carbons (Fsp3) is 0.333. The first-order valence-corrected chi connectivity index (χ1v) is 8.93. The molecule has 0 unspecified atom stereocenters. The summed E-state index contributed by atoms with van der Waals surface area (Å²) < 4.78 is 2.94. The van der Waals surface area contributed by atoms with Crippen molar-refractivity contribution in [2.24, 2.45) is 7.05 Å². The summed E-state index contributed by atoms with van der Waals surface area (Å²) in [5.74, 6) is 2.71. The van der Waals surface area contributed by atoms with Crippen LogP contribution in [-0.2, 0) is 12.8 Å². The van der Waals surface area contributed by atoms with Gasteiger partial charge >= 0.3 is 0 Å². The first-order valence-electron chi connectivity index (χ1n) is 6.95. The Morgan fingerprint density at radius 2 is 2.14 bits per heavy atom. The molecule has 1 aromatic carbocycles. The molecule has 2 heterocycles. The maximum absolute atomic E-state index is 6.22. The van der Waals surface area contributed by atoms with Gasteiger partial charge in [0.25, 0.3) is 0 Å². The highest BCUT2D eigenvalue weighted by Gasteiger charge is 2.19. The van der Waals surface area contributed by atoms with Gasteiger partial charge in [-0.25, -0.2) is 4.98 Å². The Hall–Kier alpha value is -1.53.